The second kappa shape index (κ2) is 6.24. The van der Waals surface area contributed by atoms with E-state index < -0.39 is 0 Å². The number of nitrogens with one attached hydrogen (secondary N) is 1. The Balaban J connectivity index is 1.81. The standard InChI is InChI=1S/C15H26N4O/c1-3-6-18-11-12(9-17-18)15-14(10-16-2)20-8-7-19(15)13-4-5-13/h9,11,13-16H,3-8,10H2,1-2H3. The van der Waals surface area contributed by atoms with Crippen LogP contribution >= 0.6 is 0 Å². The van der Waals surface area contributed by atoms with Gasteiger partial charge in [0, 0.05) is 37.4 Å². The molecule has 2 aliphatic rings. The molecule has 2 fully saturated rings. The Bertz CT molecular complexity index is 427. The van der Waals surface area contributed by atoms with Crippen molar-refractivity contribution in [3.05, 3.63) is 18.0 Å². The van der Waals surface area contributed by atoms with E-state index in [1.165, 1.54) is 18.4 Å². The van der Waals surface area contributed by atoms with Crippen molar-refractivity contribution in [1.82, 2.24) is 20.0 Å². The maximum atomic E-state index is 6.02. The van der Waals surface area contributed by atoms with Gasteiger partial charge in [-0.1, -0.05) is 6.92 Å². The van der Waals surface area contributed by atoms with Crippen LogP contribution in [-0.4, -0.2) is 53.6 Å². The number of hydrogen-bond donors (Lipinski definition) is 1. The number of aromatic nitrogens is 2. The molecule has 0 spiro atoms. The van der Waals surface area contributed by atoms with Gasteiger partial charge in [-0.2, -0.15) is 5.10 Å². The van der Waals surface area contributed by atoms with Crippen molar-refractivity contribution in [2.75, 3.05) is 26.7 Å². The summed E-state index contributed by atoms with van der Waals surface area (Å²) >= 11 is 0. The number of hydrogen-bond acceptors (Lipinski definition) is 4. The van der Waals surface area contributed by atoms with Crippen LogP contribution in [0.5, 0.6) is 0 Å². The third kappa shape index (κ3) is 2.90. The van der Waals surface area contributed by atoms with Crippen LogP contribution in [0.15, 0.2) is 12.4 Å². The molecule has 0 radical (unpaired) electrons. The van der Waals surface area contributed by atoms with Crippen LogP contribution in [0.1, 0.15) is 37.8 Å². The van der Waals surface area contributed by atoms with E-state index in [2.05, 4.69) is 33.1 Å². The van der Waals surface area contributed by atoms with Gasteiger partial charge in [0.1, 0.15) is 0 Å². The lowest BCUT2D eigenvalue weighted by Crippen LogP contribution is -2.49. The molecule has 5 nitrogen and oxygen atoms in total. The Morgan fingerprint density at radius 1 is 1.45 bits per heavy atom. The Morgan fingerprint density at radius 2 is 2.30 bits per heavy atom. The number of rotatable bonds is 6. The van der Waals surface area contributed by atoms with Crippen LogP contribution < -0.4 is 5.32 Å². The molecule has 0 amide bonds. The van der Waals surface area contributed by atoms with Gasteiger partial charge in [0.15, 0.2) is 0 Å². The fourth-order valence-corrected chi connectivity index (χ4v) is 3.23. The zero-order chi connectivity index (χ0) is 13.9. The lowest BCUT2D eigenvalue weighted by molar-refractivity contribution is -0.0740. The SMILES string of the molecule is CCCn1cc(C2C(CNC)OCCN2C2CC2)cn1. The molecule has 5 heteroatoms. The van der Waals surface area contributed by atoms with E-state index in [0.29, 0.717) is 6.04 Å². The van der Waals surface area contributed by atoms with Gasteiger partial charge in [-0.15, -0.1) is 0 Å². The highest BCUT2D eigenvalue weighted by Gasteiger charge is 2.41. The topological polar surface area (TPSA) is 42.3 Å². The molecule has 112 valence electrons. The summed E-state index contributed by atoms with van der Waals surface area (Å²) in [5.74, 6) is 0. The van der Waals surface area contributed by atoms with E-state index in [4.69, 9.17) is 4.74 Å². The van der Waals surface area contributed by atoms with Crippen molar-refractivity contribution in [3.8, 4) is 0 Å². The Hall–Kier alpha value is -0.910. The number of ether oxygens (including phenoxy) is 1. The zero-order valence-corrected chi connectivity index (χ0v) is 12.6. The van der Waals surface area contributed by atoms with Gasteiger partial charge in [-0.25, -0.2) is 0 Å². The molecule has 1 aromatic rings. The van der Waals surface area contributed by atoms with Crippen LogP contribution in [0.3, 0.4) is 0 Å². The second-order valence-electron chi connectivity index (χ2n) is 5.92. The Labute approximate surface area is 121 Å². The summed E-state index contributed by atoms with van der Waals surface area (Å²) < 4.78 is 8.08. The first kappa shape index (κ1) is 14.0. The third-order valence-electron chi connectivity index (χ3n) is 4.26. The molecule has 2 heterocycles. The van der Waals surface area contributed by atoms with Gasteiger partial charge < -0.3 is 10.1 Å². The van der Waals surface area contributed by atoms with Crippen molar-refractivity contribution in [3.63, 3.8) is 0 Å². The highest BCUT2D eigenvalue weighted by Crippen LogP contribution is 2.38. The first-order chi connectivity index (χ1) is 9.83. The minimum absolute atomic E-state index is 0.230. The summed E-state index contributed by atoms with van der Waals surface area (Å²) in [6.07, 6.45) is 8.27. The zero-order valence-electron chi connectivity index (χ0n) is 12.6. The molecule has 0 bridgehead atoms. The van der Waals surface area contributed by atoms with Crippen molar-refractivity contribution < 1.29 is 4.74 Å². The number of nitrogens with zero attached hydrogens (tertiary/aromatic N) is 3. The predicted molar refractivity (Wildman–Crippen MR) is 78.7 cm³/mol. The van der Waals surface area contributed by atoms with Crippen LogP contribution in [0, 0.1) is 0 Å². The number of aryl methyl sites for hydroxylation is 1. The summed E-state index contributed by atoms with van der Waals surface area (Å²) in [5, 5.41) is 7.77. The average Bonchev–Trinajstić information content (AvgIpc) is 3.20. The van der Waals surface area contributed by atoms with E-state index in [1.54, 1.807) is 0 Å². The fraction of sp³-hybridized carbons (Fsp3) is 0.800. The molecule has 1 aromatic heterocycles. The molecule has 1 aliphatic carbocycles. The molecule has 1 saturated heterocycles. The maximum absolute atomic E-state index is 6.02. The molecule has 3 rings (SSSR count). The molecule has 1 saturated carbocycles. The smallest absolute Gasteiger partial charge is 0.0897 e. The molecule has 1 N–H and O–H groups in total. The average molecular weight is 278 g/mol. The normalized spacial score (nSPS) is 27.9. The summed E-state index contributed by atoms with van der Waals surface area (Å²) in [5.41, 5.74) is 1.31. The predicted octanol–water partition coefficient (Wildman–Crippen LogP) is 1.42. The van der Waals surface area contributed by atoms with Crippen LogP contribution in [0.25, 0.3) is 0 Å². The van der Waals surface area contributed by atoms with E-state index in [0.717, 1.165) is 38.7 Å². The first-order valence-electron chi connectivity index (χ1n) is 7.87. The van der Waals surface area contributed by atoms with Crippen LogP contribution in [0.4, 0.5) is 0 Å². The van der Waals surface area contributed by atoms with Crippen molar-refractivity contribution in [2.45, 2.75) is 50.9 Å². The Kier molecular flexibility index (Phi) is 4.38. The first-order valence-corrected chi connectivity index (χ1v) is 7.87. The number of likely N-dealkylation sites (N-methyl/N-ethyl adjacent to an activating group) is 1. The molecule has 1 aliphatic heterocycles. The minimum atomic E-state index is 0.230. The van der Waals surface area contributed by atoms with Gasteiger partial charge in [-0.3, -0.25) is 9.58 Å². The molecule has 2 atom stereocenters. The molecular formula is C15H26N4O. The monoisotopic (exact) mass is 278 g/mol. The van der Waals surface area contributed by atoms with Crippen LogP contribution in [0.2, 0.25) is 0 Å². The molecular weight excluding hydrogens is 252 g/mol. The maximum Gasteiger partial charge on any atom is 0.0897 e. The fourth-order valence-electron chi connectivity index (χ4n) is 3.23. The van der Waals surface area contributed by atoms with Crippen molar-refractivity contribution in [1.29, 1.82) is 0 Å². The molecule has 20 heavy (non-hydrogen) atoms. The quantitative estimate of drug-likeness (QED) is 0.854. The Morgan fingerprint density at radius 3 is 3.00 bits per heavy atom. The summed E-state index contributed by atoms with van der Waals surface area (Å²) in [4.78, 5) is 2.64. The summed E-state index contributed by atoms with van der Waals surface area (Å²) in [6, 6.07) is 1.12. The molecule has 0 aromatic carbocycles. The summed E-state index contributed by atoms with van der Waals surface area (Å²) in [6.45, 7) is 5.98. The van der Waals surface area contributed by atoms with Crippen molar-refractivity contribution in [2.24, 2.45) is 0 Å². The lowest BCUT2D eigenvalue weighted by atomic mass is 10.0. The second-order valence-corrected chi connectivity index (χ2v) is 5.92. The van der Waals surface area contributed by atoms with E-state index in [-0.39, 0.29) is 6.10 Å². The van der Waals surface area contributed by atoms with Gasteiger partial charge in [-0.05, 0) is 26.3 Å². The minimum Gasteiger partial charge on any atom is -0.374 e. The van der Waals surface area contributed by atoms with Gasteiger partial charge in [0.05, 0.1) is 24.9 Å². The van der Waals surface area contributed by atoms with E-state index >= 15 is 0 Å². The van der Waals surface area contributed by atoms with E-state index in [9.17, 15) is 0 Å². The highest BCUT2D eigenvalue weighted by molar-refractivity contribution is 5.15. The van der Waals surface area contributed by atoms with Gasteiger partial charge in [0.2, 0.25) is 0 Å². The van der Waals surface area contributed by atoms with E-state index in [1.807, 2.05) is 13.2 Å². The third-order valence-corrected chi connectivity index (χ3v) is 4.26. The molecule has 2 unspecified atom stereocenters. The number of morpholine rings is 1. The highest BCUT2D eigenvalue weighted by atomic mass is 16.5. The van der Waals surface area contributed by atoms with Crippen molar-refractivity contribution >= 4 is 0 Å². The van der Waals surface area contributed by atoms with Crippen LogP contribution in [-0.2, 0) is 11.3 Å². The largest absolute Gasteiger partial charge is 0.374 e. The van der Waals surface area contributed by atoms with Gasteiger partial charge >= 0.3 is 0 Å². The van der Waals surface area contributed by atoms with Gasteiger partial charge in [0.25, 0.3) is 0 Å². The lowest BCUT2D eigenvalue weighted by Gasteiger charge is -2.41. The summed E-state index contributed by atoms with van der Waals surface area (Å²) in [7, 11) is 2.00.